The van der Waals surface area contributed by atoms with Crippen LogP contribution in [0, 0.1) is 5.82 Å². The molecule has 2 saturated heterocycles. The largest absolute Gasteiger partial charge is 0.336 e. The maximum Gasteiger partial charge on any atom is 0.264 e. The minimum atomic E-state index is -0.251. The number of benzene rings is 2. The molecule has 0 spiro atoms. The Morgan fingerprint density at radius 3 is 2.30 bits per heavy atom. The number of amides is 2. The van der Waals surface area contributed by atoms with Gasteiger partial charge in [0.05, 0.1) is 4.88 Å². The molecule has 3 fully saturated rings. The van der Waals surface area contributed by atoms with Crippen LogP contribution in [-0.2, 0) is 0 Å². The Morgan fingerprint density at radius 2 is 1.61 bits per heavy atom. The van der Waals surface area contributed by atoms with Crippen LogP contribution in [0.4, 0.5) is 4.39 Å². The van der Waals surface area contributed by atoms with Crippen molar-refractivity contribution in [1.29, 1.82) is 0 Å². The molecule has 1 aromatic heterocycles. The lowest BCUT2D eigenvalue weighted by atomic mass is 10.0. The minimum absolute atomic E-state index is 0.0904. The van der Waals surface area contributed by atoms with Gasteiger partial charge in [0.25, 0.3) is 11.8 Å². The molecule has 0 atom stereocenters. The number of thiophene rings is 1. The Morgan fingerprint density at radius 1 is 0.879 bits per heavy atom. The second kappa shape index (κ2) is 8.22. The van der Waals surface area contributed by atoms with Crippen LogP contribution >= 0.6 is 11.3 Å². The van der Waals surface area contributed by atoms with Gasteiger partial charge >= 0.3 is 0 Å². The van der Waals surface area contributed by atoms with Crippen molar-refractivity contribution < 1.29 is 14.0 Å². The summed E-state index contributed by atoms with van der Waals surface area (Å²) in [6, 6.07) is 14.7. The van der Waals surface area contributed by atoms with Crippen LogP contribution in [-0.4, -0.2) is 71.8 Å². The molecule has 170 valence electrons. The highest BCUT2D eigenvalue weighted by Crippen LogP contribution is 2.48. The third kappa shape index (κ3) is 3.83. The average Bonchev–Trinajstić information content (AvgIpc) is 3.58. The van der Waals surface area contributed by atoms with Gasteiger partial charge in [0.2, 0.25) is 0 Å². The van der Waals surface area contributed by atoms with E-state index >= 15 is 0 Å². The number of likely N-dealkylation sites (tertiary alicyclic amines) is 1. The molecule has 0 unspecified atom stereocenters. The predicted molar refractivity (Wildman–Crippen MR) is 127 cm³/mol. The fraction of sp³-hybridized carbons (Fsp3) is 0.385. The summed E-state index contributed by atoms with van der Waals surface area (Å²) in [5, 5.41) is 1.04. The number of carbonyl (C=O) groups excluding carboxylic acids is 2. The van der Waals surface area contributed by atoms with Gasteiger partial charge in [0.1, 0.15) is 5.82 Å². The molecule has 0 bridgehead atoms. The van der Waals surface area contributed by atoms with Crippen molar-refractivity contribution in [2.75, 3.05) is 39.3 Å². The molecule has 3 aromatic rings. The van der Waals surface area contributed by atoms with E-state index in [-0.39, 0.29) is 17.6 Å². The summed E-state index contributed by atoms with van der Waals surface area (Å²) in [6.07, 6.45) is 2.22. The van der Waals surface area contributed by atoms with E-state index in [1.165, 1.54) is 17.4 Å². The molecule has 7 heteroatoms. The summed E-state index contributed by atoms with van der Waals surface area (Å²) in [5.41, 5.74) is 1.87. The molecule has 0 radical (unpaired) electrons. The van der Waals surface area contributed by atoms with E-state index in [9.17, 15) is 14.0 Å². The highest BCUT2D eigenvalue weighted by Gasteiger charge is 2.40. The van der Waals surface area contributed by atoms with Gasteiger partial charge in [0.15, 0.2) is 0 Å². The smallest absolute Gasteiger partial charge is 0.264 e. The fourth-order valence-corrected chi connectivity index (χ4v) is 6.36. The third-order valence-electron chi connectivity index (χ3n) is 7.16. The van der Waals surface area contributed by atoms with Crippen molar-refractivity contribution in [3.8, 4) is 0 Å². The molecule has 33 heavy (non-hydrogen) atoms. The highest BCUT2D eigenvalue weighted by molar-refractivity contribution is 7.21. The van der Waals surface area contributed by atoms with Crippen LogP contribution in [0.1, 0.15) is 44.4 Å². The van der Waals surface area contributed by atoms with Gasteiger partial charge in [-0.2, -0.15) is 0 Å². The lowest BCUT2D eigenvalue weighted by Gasteiger charge is -2.48. The van der Waals surface area contributed by atoms with Crippen molar-refractivity contribution in [3.63, 3.8) is 0 Å². The Bertz CT molecular complexity index is 1210. The van der Waals surface area contributed by atoms with E-state index < -0.39 is 0 Å². The highest BCUT2D eigenvalue weighted by atomic mass is 32.1. The SMILES string of the molecule is O=C(c1ccccc1)N1CCN(C2CN(C(=O)c3sc4cc(F)ccc4c3C3CC3)C2)CC1. The van der Waals surface area contributed by atoms with Crippen molar-refractivity contribution in [3.05, 3.63) is 70.4 Å². The summed E-state index contributed by atoms with van der Waals surface area (Å²) in [6.45, 7) is 4.54. The monoisotopic (exact) mass is 463 g/mol. The first-order chi connectivity index (χ1) is 16.1. The van der Waals surface area contributed by atoms with Crippen LogP contribution < -0.4 is 0 Å². The second-order valence-corrected chi connectivity index (χ2v) is 10.4. The number of hydrogen-bond donors (Lipinski definition) is 0. The quantitative estimate of drug-likeness (QED) is 0.583. The van der Waals surface area contributed by atoms with Gasteiger partial charge in [-0.05, 0) is 54.0 Å². The zero-order valence-corrected chi connectivity index (χ0v) is 19.2. The lowest BCUT2D eigenvalue weighted by Crippen LogP contribution is -2.64. The third-order valence-corrected chi connectivity index (χ3v) is 8.31. The van der Waals surface area contributed by atoms with Gasteiger partial charge in [-0.15, -0.1) is 11.3 Å². The zero-order chi connectivity index (χ0) is 22.5. The van der Waals surface area contributed by atoms with Crippen molar-refractivity contribution in [2.24, 2.45) is 0 Å². The van der Waals surface area contributed by atoms with E-state index in [1.807, 2.05) is 46.2 Å². The zero-order valence-electron chi connectivity index (χ0n) is 18.4. The first-order valence-corrected chi connectivity index (χ1v) is 12.5. The molecule has 2 aromatic carbocycles. The number of nitrogens with zero attached hydrogens (tertiary/aromatic N) is 3. The van der Waals surface area contributed by atoms with E-state index in [2.05, 4.69) is 4.90 Å². The Labute approximate surface area is 196 Å². The molecule has 1 aliphatic carbocycles. The summed E-state index contributed by atoms with van der Waals surface area (Å²) >= 11 is 1.44. The van der Waals surface area contributed by atoms with Crippen molar-refractivity contribution in [1.82, 2.24) is 14.7 Å². The predicted octanol–water partition coefficient (Wildman–Crippen LogP) is 4.20. The van der Waals surface area contributed by atoms with Gasteiger partial charge < -0.3 is 9.80 Å². The van der Waals surface area contributed by atoms with E-state index in [1.54, 1.807) is 6.07 Å². The number of rotatable bonds is 4. The molecule has 5 nitrogen and oxygen atoms in total. The van der Waals surface area contributed by atoms with Crippen LogP contribution in [0.15, 0.2) is 48.5 Å². The van der Waals surface area contributed by atoms with Gasteiger partial charge in [0, 0.05) is 55.6 Å². The fourth-order valence-electron chi connectivity index (χ4n) is 5.08. The number of halogens is 1. The second-order valence-electron chi connectivity index (χ2n) is 9.32. The van der Waals surface area contributed by atoms with Crippen LogP contribution in [0.3, 0.4) is 0 Å². The van der Waals surface area contributed by atoms with Gasteiger partial charge in [-0.3, -0.25) is 14.5 Å². The minimum Gasteiger partial charge on any atom is -0.336 e. The van der Waals surface area contributed by atoms with E-state index in [4.69, 9.17) is 0 Å². The van der Waals surface area contributed by atoms with Crippen molar-refractivity contribution in [2.45, 2.75) is 24.8 Å². The molecule has 3 heterocycles. The summed E-state index contributed by atoms with van der Waals surface area (Å²) in [4.78, 5) is 33.1. The molecular weight excluding hydrogens is 437 g/mol. The average molecular weight is 464 g/mol. The number of carbonyl (C=O) groups is 2. The molecular formula is C26H26FN3O2S. The lowest BCUT2D eigenvalue weighted by molar-refractivity contribution is 0.00875. The summed E-state index contributed by atoms with van der Waals surface area (Å²) in [7, 11) is 0. The Hall–Kier alpha value is -2.77. The number of fused-ring (bicyclic) bond motifs is 1. The maximum absolute atomic E-state index is 13.7. The maximum atomic E-state index is 13.7. The van der Waals surface area contributed by atoms with Crippen LogP contribution in [0.2, 0.25) is 0 Å². The van der Waals surface area contributed by atoms with Gasteiger partial charge in [-0.25, -0.2) is 4.39 Å². The van der Waals surface area contributed by atoms with E-state index in [0.29, 0.717) is 25.0 Å². The first kappa shape index (κ1) is 20.8. The Kier molecular flexibility index (Phi) is 5.18. The molecule has 2 aliphatic heterocycles. The summed E-state index contributed by atoms with van der Waals surface area (Å²) in [5.74, 6) is 0.372. The normalized spacial score (nSPS) is 19.7. The summed E-state index contributed by atoms with van der Waals surface area (Å²) < 4.78 is 14.6. The molecule has 0 N–H and O–H groups in total. The number of hydrogen-bond acceptors (Lipinski definition) is 4. The standard InChI is InChI=1S/C26H26FN3O2S/c27-19-8-9-21-22(14-19)33-24(23(21)17-6-7-17)26(32)30-15-20(16-30)28-10-12-29(13-11-28)25(31)18-4-2-1-3-5-18/h1-5,8-9,14,17,20H,6-7,10-13,15-16H2. The molecule has 6 rings (SSSR count). The number of piperazine rings is 1. The molecule has 3 aliphatic rings. The van der Waals surface area contributed by atoms with Gasteiger partial charge in [-0.1, -0.05) is 24.3 Å². The van der Waals surface area contributed by atoms with Crippen LogP contribution in [0.5, 0.6) is 0 Å². The topological polar surface area (TPSA) is 43.9 Å². The molecule has 1 saturated carbocycles. The van der Waals surface area contributed by atoms with Crippen LogP contribution in [0.25, 0.3) is 10.1 Å². The van der Waals surface area contributed by atoms with E-state index in [0.717, 1.165) is 65.1 Å². The molecule has 2 amide bonds. The van der Waals surface area contributed by atoms with Crippen molar-refractivity contribution >= 4 is 33.2 Å². The first-order valence-electron chi connectivity index (χ1n) is 11.7. The Balaban J connectivity index is 1.08.